The van der Waals surface area contributed by atoms with Gasteiger partial charge in [-0.1, -0.05) is 19.8 Å². The van der Waals surface area contributed by atoms with Crippen molar-refractivity contribution < 1.29 is 0 Å². The quantitative estimate of drug-likeness (QED) is 0.792. The van der Waals surface area contributed by atoms with Crippen molar-refractivity contribution in [3.8, 4) is 0 Å². The summed E-state index contributed by atoms with van der Waals surface area (Å²) in [5, 5.41) is 0. The molecule has 1 aliphatic carbocycles. The van der Waals surface area contributed by atoms with E-state index in [0.717, 1.165) is 12.6 Å². The molecule has 1 aliphatic heterocycles. The van der Waals surface area contributed by atoms with Crippen LogP contribution in [-0.4, -0.2) is 54.6 Å². The summed E-state index contributed by atoms with van der Waals surface area (Å²) < 4.78 is 0. The Morgan fingerprint density at radius 2 is 2.00 bits per heavy atom. The average Bonchev–Trinajstić information content (AvgIpc) is 2.97. The van der Waals surface area contributed by atoms with Crippen LogP contribution < -0.4 is 5.73 Å². The summed E-state index contributed by atoms with van der Waals surface area (Å²) >= 11 is 0. The largest absolute Gasteiger partial charge is 0.329 e. The Bertz CT molecular complexity index is 236. The van der Waals surface area contributed by atoms with Crippen molar-refractivity contribution in [3.63, 3.8) is 0 Å². The SMILES string of the molecule is CCN1CCCC1CN(C)C1(CN)CCCC1. The molecule has 2 aliphatic rings. The number of hydrogen-bond acceptors (Lipinski definition) is 3. The minimum absolute atomic E-state index is 0.321. The van der Waals surface area contributed by atoms with E-state index in [-0.39, 0.29) is 0 Å². The van der Waals surface area contributed by atoms with Crippen molar-refractivity contribution in [2.45, 2.75) is 57.0 Å². The van der Waals surface area contributed by atoms with Gasteiger partial charge in [-0.25, -0.2) is 0 Å². The summed E-state index contributed by atoms with van der Waals surface area (Å²) in [4.78, 5) is 5.22. The Kier molecular flexibility index (Phi) is 4.45. The summed E-state index contributed by atoms with van der Waals surface area (Å²) in [6.07, 6.45) is 8.09. The molecule has 0 bridgehead atoms. The molecule has 2 rings (SSSR count). The molecule has 0 aromatic carbocycles. The Morgan fingerprint density at radius 3 is 2.59 bits per heavy atom. The topological polar surface area (TPSA) is 32.5 Å². The minimum Gasteiger partial charge on any atom is -0.329 e. The molecule has 2 fully saturated rings. The van der Waals surface area contributed by atoms with E-state index in [2.05, 4.69) is 23.8 Å². The highest BCUT2D eigenvalue weighted by Gasteiger charge is 2.38. The smallest absolute Gasteiger partial charge is 0.0329 e. The Balaban J connectivity index is 1.93. The summed E-state index contributed by atoms with van der Waals surface area (Å²) in [6.45, 7) is 6.83. The van der Waals surface area contributed by atoms with Crippen LogP contribution in [0.1, 0.15) is 45.4 Å². The molecule has 0 radical (unpaired) electrons. The molecule has 1 atom stereocenters. The summed E-state index contributed by atoms with van der Waals surface area (Å²) in [5.41, 5.74) is 6.38. The maximum atomic E-state index is 6.06. The van der Waals surface area contributed by atoms with Crippen molar-refractivity contribution in [1.82, 2.24) is 9.80 Å². The van der Waals surface area contributed by atoms with Gasteiger partial charge in [0, 0.05) is 24.7 Å². The molecule has 1 unspecified atom stereocenters. The zero-order chi connectivity index (χ0) is 12.3. The second-order valence-corrected chi connectivity index (χ2v) is 5.94. The number of nitrogens with zero attached hydrogens (tertiary/aromatic N) is 2. The molecule has 1 saturated heterocycles. The summed E-state index contributed by atoms with van der Waals surface area (Å²) in [5.74, 6) is 0. The molecular weight excluding hydrogens is 210 g/mol. The fraction of sp³-hybridized carbons (Fsp3) is 1.00. The fourth-order valence-electron chi connectivity index (χ4n) is 3.80. The molecule has 2 N–H and O–H groups in total. The number of nitrogens with two attached hydrogens (primary N) is 1. The van der Waals surface area contributed by atoms with E-state index >= 15 is 0 Å². The molecule has 1 saturated carbocycles. The second kappa shape index (κ2) is 5.68. The lowest BCUT2D eigenvalue weighted by molar-refractivity contribution is 0.0949. The van der Waals surface area contributed by atoms with Gasteiger partial charge in [-0.05, 0) is 45.8 Å². The fourth-order valence-corrected chi connectivity index (χ4v) is 3.80. The van der Waals surface area contributed by atoms with Gasteiger partial charge in [0.25, 0.3) is 0 Å². The van der Waals surface area contributed by atoms with Gasteiger partial charge in [-0.2, -0.15) is 0 Å². The lowest BCUT2D eigenvalue weighted by Gasteiger charge is -2.40. The molecule has 0 spiro atoms. The maximum Gasteiger partial charge on any atom is 0.0329 e. The summed E-state index contributed by atoms with van der Waals surface area (Å²) in [6, 6.07) is 0.772. The van der Waals surface area contributed by atoms with Crippen molar-refractivity contribution in [2.75, 3.05) is 33.2 Å². The van der Waals surface area contributed by atoms with Crippen LogP contribution in [0, 0.1) is 0 Å². The van der Waals surface area contributed by atoms with Gasteiger partial charge < -0.3 is 5.73 Å². The van der Waals surface area contributed by atoms with E-state index in [1.165, 1.54) is 58.2 Å². The molecule has 3 heteroatoms. The van der Waals surface area contributed by atoms with Gasteiger partial charge in [0.05, 0.1) is 0 Å². The van der Waals surface area contributed by atoms with Crippen LogP contribution in [0.4, 0.5) is 0 Å². The van der Waals surface area contributed by atoms with Crippen molar-refractivity contribution in [2.24, 2.45) is 5.73 Å². The highest BCUT2D eigenvalue weighted by atomic mass is 15.3. The predicted molar refractivity (Wildman–Crippen MR) is 73.2 cm³/mol. The van der Waals surface area contributed by atoms with Gasteiger partial charge in [-0.3, -0.25) is 9.80 Å². The van der Waals surface area contributed by atoms with Gasteiger partial charge in [-0.15, -0.1) is 0 Å². The first-order chi connectivity index (χ1) is 8.22. The van der Waals surface area contributed by atoms with Gasteiger partial charge >= 0.3 is 0 Å². The van der Waals surface area contributed by atoms with Gasteiger partial charge in [0.2, 0.25) is 0 Å². The van der Waals surface area contributed by atoms with Crippen LogP contribution in [-0.2, 0) is 0 Å². The van der Waals surface area contributed by atoms with Crippen LogP contribution in [0.25, 0.3) is 0 Å². The molecule has 17 heavy (non-hydrogen) atoms. The first-order valence-electron chi connectivity index (χ1n) is 7.37. The van der Waals surface area contributed by atoms with Crippen LogP contribution in [0.15, 0.2) is 0 Å². The van der Waals surface area contributed by atoms with Gasteiger partial charge in [0.1, 0.15) is 0 Å². The monoisotopic (exact) mass is 239 g/mol. The normalized spacial score (nSPS) is 29.3. The van der Waals surface area contributed by atoms with Crippen molar-refractivity contribution in [1.29, 1.82) is 0 Å². The lowest BCUT2D eigenvalue weighted by atomic mass is 9.95. The summed E-state index contributed by atoms with van der Waals surface area (Å²) in [7, 11) is 2.30. The first kappa shape index (κ1) is 13.3. The standard InChI is InChI=1S/C14H29N3/c1-3-17-10-6-7-13(17)11-16(2)14(12-15)8-4-5-9-14/h13H,3-12,15H2,1-2H3. The molecule has 0 amide bonds. The Hall–Kier alpha value is -0.120. The van der Waals surface area contributed by atoms with E-state index in [1.807, 2.05) is 0 Å². The number of hydrogen-bond donors (Lipinski definition) is 1. The van der Waals surface area contributed by atoms with Crippen LogP contribution >= 0.6 is 0 Å². The van der Waals surface area contributed by atoms with Crippen LogP contribution in [0.5, 0.6) is 0 Å². The van der Waals surface area contributed by atoms with E-state index < -0.39 is 0 Å². The first-order valence-corrected chi connectivity index (χ1v) is 7.37. The van der Waals surface area contributed by atoms with Crippen molar-refractivity contribution in [3.05, 3.63) is 0 Å². The van der Waals surface area contributed by atoms with Crippen LogP contribution in [0.3, 0.4) is 0 Å². The van der Waals surface area contributed by atoms with E-state index in [4.69, 9.17) is 5.73 Å². The number of likely N-dealkylation sites (N-methyl/N-ethyl adjacent to an activating group) is 2. The molecule has 0 aromatic heterocycles. The maximum absolute atomic E-state index is 6.06. The molecule has 100 valence electrons. The van der Waals surface area contributed by atoms with E-state index in [0.29, 0.717) is 5.54 Å². The Labute approximate surface area is 106 Å². The molecule has 1 heterocycles. The van der Waals surface area contributed by atoms with E-state index in [9.17, 15) is 0 Å². The van der Waals surface area contributed by atoms with Crippen molar-refractivity contribution >= 4 is 0 Å². The minimum atomic E-state index is 0.321. The Morgan fingerprint density at radius 1 is 1.29 bits per heavy atom. The highest BCUT2D eigenvalue weighted by molar-refractivity contribution is 4.96. The lowest BCUT2D eigenvalue weighted by Crippen LogP contribution is -2.53. The third kappa shape index (κ3) is 2.67. The molecular formula is C14H29N3. The molecule has 3 nitrogen and oxygen atoms in total. The second-order valence-electron chi connectivity index (χ2n) is 5.94. The zero-order valence-electron chi connectivity index (χ0n) is 11.6. The average molecular weight is 239 g/mol. The van der Waals surface area contributed by atoms with E-state index in [1.54, 1.807) is 0 Å². The molecule has 0 aromatic rings. The number of rotatable bonds is 5. The van der Waals surface area contributed by atoms with Crippen LogP contribution in [0.2, 0.25) is 0 Å². The predicted octanol–water partition coefficient (Wildman–Crippen LogP) is 1.67. The third-order valence-electron chi connectivity index (χ3n) is 5.11. The van der Waals surface area contributed by atoms with Gasteiger partial charge in [0.15, 0.2) is 0 Å². The third-order valence-corrected chi connectivity index (χ3v) is 5.11. The highest BCUT2D eigenvalue weighted by Crippen LogP contribution is 2.34. The number of likely N-dealkylation sites (tertiary alicyclic amines) is 1. The zero-order valence-corrected chi connectivity index (χ0v) is 11.6.